The Kier molecular flexibility index (Phi) is 6.66. The van der Waals surface area contributed by atoms with Gasteiger partial charge in [0.1, 0.15) is 24.7 Å². The van der Waals surface area contributed by atoms with E-state index in [2.05, 4.69) is 9.24 Å². The second-order valence-electron chi connectivity index (χ2n) is 3.04. The van der Waals surface area contributed by atoms with E-state index in [1.54, 1.807) is 0 Å². The van der Waals surface area contributed by atoms with Gasteiger partial charge in [0.25, 0.3) is 0 Å². The Morgan fingerprint density at radius 2 is 1.38 bits per heavy atom. The van der Waals surface area contributed by atoms with Crippen LogP contribution in [0.4, 0.5) is 17.6 Å². The molecular formula is C8H15F4P. The number of hydrogen-bond acceptors (Lipinski definition) is 0. The third-order valence-electron chi connectivity index (χ3n) is 1.83. The van der Waals surface area contributed by atoms with Crippen LogP contribution in [0.2, 0.25) is 0 Å². The van der Waals surface area contributed by atoms with Gasteiger partial charge < -0.3 is 0 Å². The molecule has 0 heterocycles. The molecule has 5 atom stereocenters. The summed E-state index contributed by atoms with van der Waals surface area (Å²) in [7, 11) is 2.07. The standard InChI is InChI=1S/C8H15F4P/c1-5(9)6(10)2-3-7(11)8(12)4-13/h5-8H,2-4,13H2,1H3. The van der Waals surface area contributed by atoms with E-state index in [1.165, 1.54) is 0 Å². The molecule has 0 saturated carbocycles. The van der Waals surface area contributed by atoms with Gasteiger partial charge in [0, 0.05) is 0 Å². The zero-order chi connectivity index (χ0) is 10.4. The molecule has 0 fully saturated rings. The van der Waals surface area contributed by atoms with Crippen LogP contribution in [0.5, 0.6) is 0 Å². The van der Waals surface area contributed by atoms with Crippen LogP contribution in [0, 0.1) is 0 Å². The van der Waals surface area contributed by atoms with E-state index in [1.807, 2.05) is 0 Å². The van der Waals surface area contributed by atoms with Gasteiger partial charge >= 0.3 is 0 Å². The highest BCUT2D eigenvalue weighted by Gasteiger charge is 2.22. The van der Waals surface area contributed by atoms with Gasteiger partial charge in [-0.2, -0.15) is 0 Å². The molecule has 0 rings (SSSR count). The maximum atomic E-state index is 12.7. The minimum Gasteiger partial charge on any atom is -0.245 e. The van der Waals surface area contributed by atoms with Crippen molar-refractivity contribution in [1.29, 1.82) is 0 Å². The van der Waals surface area contributed by atoms with Crippen LogP contribution in [0.3, 0.4) is 0 Å². The lowest BCUT2D eigenvalue weighted by atomic mass is 10.1. The van der Waals surface area contributed by atoms with Gasteiger partial charge in [0.2, 0.25) is 0 Å². The summed E-state index contributed by atoms with van der Waals surface area (Å²) < 4.78 is 50.1. The second-order valence-corrected chi connectivity index (χ2v) is 3.51. The Labute approximate surface area is 78.3 Å². The molecule has 0 aromatic rings. The van der Waals surface area contributed by atoms with E-state index in [0.29, 0.717) is 0 Å². The average Bonchev–Trinajstić information content (AvgIpc) is 2.11. The van der Waals surface area contributed by atoms with Crippen molar-refractivity contribution < 1.29 is 17.6 Å². The minimum atomic E-state index is -1.69. The van der Waals surface area contributed by atoms with Crippen LogP contribution in [-0.4, -0.2) is 30.8 Å². The Hall–Kier alpha value is 0.150. The molecule has 0 aromatic heterocycles. The summed E-state index contributed by atoms with van der Waals surface area (Å²) in [6.45, 7) is 1.07. The number of halogens is 4. The first-order valence-electron chi connectivity index (χ1n) is 4.25. The molecule has 5 unspecified atom stereocenters. The second kappa shape index (κ2) is 6.58. The van der Waals surface area contributed by atoms with Crippen molar-refractivity contribution in [2.24, 2.45) is 0 Å². The van der Waals surface area contributed by atoms with Gasteiger partial charge in [-0.3, -0.25) is 0 Å². The highest BCUT2D eigenvalue weighted by molar-refractivity contribution is 7.16. The third-order valence-corrected chi connectivity index (χ3v) is 2.28. The first-order chi connectivity index (χ1) is 5.99. The van der Waals surface area contributed by atoms with Crippen LogP contribution in [0.15, 0.2) is 0 Å². The Balaban J connectivity index is 3.63. The lowest BCUT2D eigenvalue weighted by molar-refractivity contribution is 0.129. The van der Waals surface area contributed by atoms with Crippen molar-refractivity contribution in [2.45, 2.75) is 44.5 Å². The molecule has 0 spiro atoms. The molecule has 0 aliphatic rings. The Morgan fingerprint density at radius 3 is 1.77 bits per heavy atom. The lowest BCUT2D eigenvalue weighted by Crippen LogP contribution is -2.22. The first-order valence-corrected chi connectivity index (χ1v) is 5.07. The van der Waals surface area contributed by atoms with Gasteiger partial charge in [0.15, 0.2) is 0 Å². The summed E-state index contributed by atoms with van der Waals surface area (Å²) in [5.74, 6) is 0. The molecule has 0 saturated heterocycles. The van der Waals surface area contributed by atoms with E-state index in [4.69, 9.17) is 0 Å². The topological polar surface area (TPSA) is 0 Å². The summed E-state index contributed by atoms with van der Waals surface area (Å²) in [5, 5.41) is 0. The van der Waals surface area contributed by atoms with Gasteiger partial charge in [-0.25, -0.2) is 17.6 Å². The zero-order valence-electron chi connectivity index (χ0n) is 7.52. The smallest absolute Gasteiger partial charge is 0.135 e. The average molecular weight is 218 g/mol. The van der Waals surface area contributed by atoms with E-state index in [9.17, 15) is 17.6 Å². The molecule has 0 radical (unpaired) electrons. The largest absolute Gasteiger partial charge is 0.245 e. The molecule has 13 heavy (non-hydrogen) atoms. The number of alkyl halides is 4. The molecule has 0 aliphatic carbocycles. The van der Waals surface area contributed by atoms with Crippen LogP contribution in [0.25, 0.3) is 0 Å². The fraction of sp³-hybridized carbons (Fsp3) is 1.00. The van der Waals surface area contributed by atoms with Crippen molar-refractivity contribution >= 4 is 9.24 Å². The Morgan fingerprint density at radius 1 is 0.923 bits per heavy atom. The first kappa shape index (κ1) is 13.2. The molecular weight excluding hydrogens is 203 g/mol. The van der Waals surface area contributed by atoms with E-state index in [-0.39, 0.29) is 19.0 Å². The molecule has 0 nitrogen and oxygen atoms in total. The summed E-state index contributed by atoms with van der Waals surface area (Å²) >= 11 is 0. The van der Waals surface area contributed by atoms with Crippen LogP contribution >= 0.6 is 9.24 Å². The van der Waals surface area contributed by atoms with E-state index < -0.39 is 24.7 Å². The fourth-order valence-corrected chi connectivity index (χ4v) is 1.17. The Bertz CT molecular complexity index is 131. The summed E-state index contributed by atoms with van der Waals surface area (Å²) in [4.78, 5) is 0. The van der Waals surface area contributed by atoms with Crippen molar-refractivity contribution in [3.05, 3.63) is 0 Å². The van der Waals surface area contributed by atoms with Crippen molar-refractivity contribution in [3.8, 4) is 0 Å². The maximum Gasteiger partial charge on any atom is 0.135 e. The highest BCUT2D eigenvalue weighted by atomic mass is 31.0. The van der Waals surface area contributed by atoms with Crippen molar-refractivity contribution in [2.75, 3.05) is 6.16 Å². The van der Waals surface area contributed by atoms with Gasteiger partial charge in [0.05, 0.1) is 0 Å². The molecule has 80 valence electrons. The van der Waals surface area contributed by atoms with Crippen LogP contribution in [-0.2, 0) is 0 Å². The van der Waals surface area contributed by atoms with Gasteiger partial charge in [-0.1, -0.05) is 0 Å². The maximum absolute atomic E-state index is 12.7. The third kappa shape index (κ3) is 5.45. The molecule has 0 amide bonds. The zero-order valence-corrected chi connectivity index (χ0v) is 8.67. The number of hydrogen-bond donors (Lipinski definition) is 0. The van der Waals surface area contributed by atoms with Crippen molar-refractivity contribution in [3.63, 3.8) is 0 Å². The van der Waals surface area contributed by atoms with Crippen LogP contribution in [0.1, 0.15) is 19.8 Å². The minimum absolute atomic E-state index is 0.0106. The summed E-state index contributed by atoms with van der Waals surface area (Å²) in [5.41, 5.74) is 0. The normalized spacial score (nSPS) is 20.8. The fourth-order valence-electron chi connectivity index (χ4n) is 0.877. The van der Waals surface area contributed by atoms with Crippen LogP contribution < -0.4 is 0 Å². The number of rotatable bonds is 6. The van der Waals surface area contributed by atoms with Gasteiger partial charge in [-0.15, -0.1) is 9.24 Å². The molecule has 0 aromatic carbocycles. The monoisotopic (exact) mass is 218 g/mol. The predicted molar refractivity (Wildman–Crippen MR) is 49.1 cm³/mol. The molecule has 0 aliphatic heterocycles. The SMILES string of the molecule is CC(F)C(F)CCC(F)C(F)CP. The van der Waals surface area contributed by atoms with Crippen molar-refractivity contribution in [1.82, 2.24) is 0 Å². The predicted octanol–water partition coefficient (Wildman–Crippen LogP) is 3.01. The van der Waals surface area contributed by atoms with Gasteiger partial charge in [-0.05, 0) is 25.9 Å². The highest BCUT2D eigenvalue weighted by Crippen LogP contribution is 2.17. The lowest BCUT2D eigenvalue weighted by Gasteiger charge is -2.13. The molecule has 0 N–H and O–H groups in total. The molecule has 0 bridgehead atoms. The summed E-state index contributed by atoms with van der Waals surface area (Å²) in [6.07, 6.45) is -7.10. The summed E-state index contributed by atoms with van der Waals surface area (Å²) in [6, 6.07) is 0. The van der Waals surface area contributed by atoms with E-state index in [0.717, 1.165) is 6.92 Å². The van der Waals surface area contributed by atoms with E-state index >= 15 is 0 Å². The molecule has 5 heteroatoms. The quantitative estimate of drug-likeness (QED) is 0.475.